The lowest BCUT2D eigenvalue weighted by Gasteiger charge is -2.18. The number of carbonyl (C=O) groups excluding carboxylic acids is 2. The second-order valence-corrected chi connectivity index (χ2v) is 4.52. The molecule has 0 saturated carbocycles. The van der Waals surface area contributed by atoms with E-state index in [0.717, 1.165) is 10.5 Å². The molecule has 2 amide bonds. The number of aliphatic carboxylic acids is 1. The molecule has 1 aromatic rings. The molecular weight excluding hydrogens is 276 g/mol. The van der Waals surface area contributed by atoms with E-state index in [1.54, 1.807) is 12.1 Å². The fraction of sp³-hybridized carbons (Fsp3) is 0.357. The molecule has 0 heterocycles. The quantitative estimate of drug-likeness (QED) is 0.709. The van der Waals surface area contributed by atoms with Gasteiger partial charge in [0.05, 0.1) is 19.6 Å². The fourth-order valence-electron chi connectivity index (χ4n) is 1.63. The van der Waals surface area contributed by atoms with Crippen molar-refractivity contribution in [1.29, 1.82) is 0 Å². The van der Waals surface area contributed by atoms with Gasteiger partial charge in [0.1, 0.15) is 12.3 Å². The summed E-state index contributed by atoms with van der Waals surface area (Å²) in [5, 5.41) is 8.70. The highest BCUT2D eigenvalue weighted by molar-refractivity contribution is 5.86. The van der Waals surface area contributed by atoms with Crippen LogP contribution < -0.4 is 10.5 Å². The summed E-state index contributed by atoms with van der Waals surface area (Å²) in [5.74, 6) is -1.84. The number of benzene rings is 1. The zero-order valence-corrected chi connectivity index (χ0v) is 11.7. The second kappa shape index (κ2) is 7.88. The molecule has 1 rings (SSSR count). The van der Waals surface area contributed by atoms with E-state index >= 15 is 0 Å². The highest BCUT2D eigenvalue weighted by Gasteiger charge is 2.18. The van der Waals surface area contributed by atoms with E-state index < -0.39 is 30.9 Å². The molecule has 0 atom stereocenters. The molecule has 0 fully saturated rings. The molecule has 0 radical (unpaired) electrons. The molecule has 0 aromatic heterocycles. The average Bonchev–Trinajstić information content (AvgIpc) is 2.39. The molecule has 3 N–H and O–H groups in total. The number of hydrogen-bond donors (Lipinski definition) is 2. The standard InChI is InChI=1S/C14H18N2O5/c1-10-2-4-11(5-3-10)21-7-6-13(18)16(8-12(15)17)9-14(19)20/h2-5H,6-9H2,1H3,(H2,15,17)(H,19,20). The molecule has 0 bridgehead atoms. The zero-order valence-electron chi connectivity index (χ0n) is 11.7. The maximum atomic E-state index is 11.8. The van der Waals surface area contributed by atoms with Crippen molar-refractivity contribution >= 4 is 17.8 Å². The molecule has 1 aromatic carbocycles. The smallest absolute Gasteiger partial charge is 0.323 e. The Balaban J connectivity index is 2.47. The van der Waals surface area contributed by atoms with Gasteiger partial charge in [-0.3, -0.25) is 14.4 Å². The number of hydrogen-bond acceptors (Lipinski definition) is 4. The van der Waals surface area contributed by atoms with E-state index in [1.807, 2.05) is 19.1 Å². The van der Waals surface area contributed by atoms with Crippen molar-refractivity contribution in [3.8, 4) is 5.75 Å². The van der Waals surface area contributed by atoms with Gasteiger partial charge in [-0.1, -0.05) is 17.7 Å². The monoisotopic (exact) mass is 294 g/mol. The highest BCUT2D eigenvalue weighted by atomic mass is 16.5. The predicted octanol–water partition coefficient (Wildman–Crippen LogP) is 0.162. The van der Waals surface area contributed by atoms with Gasteiger partial charge >= 0.3 is 5.97 Å². The average molecular weight is 294 g/mol. The summed E-state index contributed by atoms with van der Waals surface area (Å²) >= 11 is 0. The van der Waals surface area contributed by atoms with Crippen LogP contribution in [0.5, 0.6) is 5.75 Å². The van der Waals surface area contributed by atoms with Gasteiger partial charge in [-0.2, -0.15) is 0 Å². The third-order valence-corrected chi connectivity index (χ3v) is 2.63. The molecule has 0 aliphatic heterocycles. The summed E-state index contributed by atoms with van der Waals surface area (Å²) in [6.07, 6.45) is -0.0333. The number of ether oxygens (including phenoxy) is 1. The number of carboxylic acids is 1. The fourth-order valence-corrected chi connectivity index (χ4v) is 1.63. The largest absolute Gasteiger partial charge is 0.493 e. The van der Waals surface area contributed by atoms with Gasteiger partial charge in [-0.15, -0.1) is 0 Å². The van der Waals surface area contributed by atoms with Crippen molar-refractivity contribution in [3.05, 3.63) is 29.8 Å². The van der Waals surface area contributed by atoms with E-state index in [-0.39, 0.29) is 13.0 Å². The van der Waals surface area contributed by atoms with Gasteiger partial charge in [-0.05, 0) is 19.1 Å². The van der Waals surface area contributed by atoms with Gasteiger partial charge < -0.3 is 20.5 Å². The Morgan fingerprint density at radius 3 is 2.33 bits per heavy atom. The summed E-state index contributed by atoms with van der Waals surface area (Å²) in [6.45, 7) is 1.06. The zero-order chi connectivity index (χ0) is 15.8. The Hall–Kier alpha value is -2.57. The maximum Gasteiger partial charge on any atom is 0.323 e. The first-order valence-corrected chi connectivity index (χ1v) is 6.36. The van der Waals surface area contributed by atoms with Crippen LogP contribution >= 0.6 is 0 Å². The summed E-state index contributed by atoms with van der Waals surface area (Å²) in [4.78, 5) is 34.2. The van der Waals surface area contributed by atoms with Crippen LogP contribution in [-0.2, 0) is 14.4 Å². The summed E-state index contributed by atoms with van der Waals surface area (Å²) in [5.41, 5.74) is 6.07. The SMILES string of the molecule is Cc1ccc(OCCC(=O)N(CC(N)=O)CC(=O)O)cc1. The van der Waals surface area contributed by atoms with Crippen molar-refractivity contribution in [3.63, 3.8) is 0 Å². The van der Waals surface area contributed by atoms with Gasteiger partial charge in [0.2, 0.25) is 11.8 Å². The van der Waals surface area contributed by atoms with Gasteiger partial charge in [0.15, 0.2) is 0 Å². The first kappa shape index (κ1) is 16.5. The lowest BCUT2D eigenvalue weighted by molar-refractivity contribution is -0.145. The van der Waals surface area contributed by atoms with Gasteiger partial charge in [-0.25, -0.2) is 0 Å². The molecule has 0 aliphatic carbocycles. The number of primary amides is 1. The summed E-state index contributed by atoms with van der Waals surface area (Å²) < 4.78 is 5.38. The van der Waals surface area contributed by atoms with E-state index in [2.05, 4.69) is 0 Å². The van der Waals surface area contributed by atoms with Crippen LogP contribution in [0.1, 0.15) is 12.0 Å². The van der Waals surface area contributed by atoms with Gasteiger partial charge in [0.25, 0.3) is 0 Å². The molecular formula is C14H18N2O5. The normalized spacial score (nSPS) is 9.95. The van der Waals surface area contributed by atoms with E-state index in [4.69, 9.17) is 15.6 Å². The van der Waals surface area contributed by atoms with Crippen molar-refractivity contribution in [1.82, 2.24) is 4.90 Å². The van der Waals surface area contributed by atoms with Crippen molar-refractivity contribution in [2.45, 2.75) is 13.3 Å². The van der Waals surface area contributed by atoms with E-state index in [0.29, 0.717) is 5.75 Å². The number of carboxylic acid groups (broad SMARTS) is 1. The van der Waals surface area contributed by atoms with Crippen LogP contribution in [0.3, 0.4) is 0 Å². The minimum Gasteiger partial charge on any atom is -0.493 e. The molecule has 7 heteroatoms. The summed E-state index contributed by atoms with van der Waals surface area (Å²) in [7, 11) is 0. The Bertz CT molecular complexity index is 497. The Labute approximate surface area is 122 Å². The van der Waals surface area contributed by atoms with E-state index in [1.165, 1.54) is 0 Å². The number of nitrogens with two attached hydrogens (primary N) is 1. The molecule has 0 saturated heterocycles. The number of amides is 2. The molecule has 114 valence electrons. The van der Waals surface area contributed by atoms with Crippen LogP contribution in [0.25, 0.3) is 0 Å². The maximum absolute atomic E-state index is 11.8. The Kier molecular flexibility index (Phi) is 6.19. The van der Waals surface area contributed by atoms with Gasteiger partial charge in [0, 0.05) is 0 Å². The lowest BCUT2D eigenvalue weighted by atomic mass is 10.2. The van der Waals surface area contributed by atoms with Crippen molar-refractivity contribution in [2.75, 3.05) is 19.7 Å². The Morgan fingerprint density at radius 1 is 1.19 bits per heavy atom. The van der Waals surface area contributed by atoms with Crippen molar-refractivity contribution < 1.29 is 24.2 Å². The van der Waals surface area contributed by atoms with Crippen LogP contribution in [-0.4, -0.2) is 47.5 Å². The van der Waals surface area contributed by atoms with E-state index in [9.17, 15) is 14.4 Å². The minimum absolute atomic E-state index is 0.0333. The second-order valence-electron chi connectivity index (χ2n) is 4.52. The third kappa shape index (κ3) is 6.42. The lowest BCUT2D eigenvalue weighted by Crippen LogP contribution is -2.41. The predicted molar refractivity (Wildman–Crippen MR) is 74.7 cm³/mol. The topological polar surface area (TPSA) is 110 Å². The van der Waals surface area contributed by atoms with Crippen LogP contribution in [0.15, 0.2) is 24.3 Å². The molecule has 21 heavy (non-hydrogen) atoms. The van der Waals surface area contributed by atoms with Crippen LogP contribution in [0.2, 0.25) is 0 Å². The molecule has 0 spiro atoms. The number of aryl methyl sites for hydroxylation is 1. The van der Waals surface area contributed by atoms with Crippen LogP contribution in [0, 0.1) is 6.92 Å². The summed E-state index contributed by atoms with van der Waals surface area (Å²) in [6, 6.07) is 7.30. The Morgan fingerprint density at radius 2 is 1.81 bits per heavy atom. The number of carbonyl (C=O) groups is 3. The molecule has 7 nitrogen and oxygen atoms in total. The first-order valence-electron chi connectivity index (χ1n) is 6.36. The molecule has 0 unspecified atom stereocenters. The highest BCUT2D eigenvalue weighted by Crippen LogP contribution is 2.11. The number of rotatable bonds is 8. The van der Waals surface area contributed by atoms with Crippen molar-refractivity contribution in [2.24, 2.45) is 5.73 Å². The molecule has 0 aliphatic rings. The number of nitrogens with zero attached hydrogens (tertiary/aromatic N) is 1. The third-order valence-electron chi connectivity index (χ3n) is 2.63. The van der Waals surface area contributed by atoms with Crippen LogP contribution in [0.4, 0.5) is 0 Å². The first-order chi connectivity index (χ1) is 9.88. The minimum atomic E-state index is -1.20.